The SMILES string of the molecule is Cc1cc(NC(=O)OC(C)(C)C)ccc1CC(=O)c1cc(N)ccc1Cl. The number of nitrogens with two attached hydrogens (primary N) is 1. The van der Waals surface area contributed by atoms with Crippen LogP contribution in [0.25, 0.3) is 0 Å². The van der Waals surface area contributed by atoms with Gasteiger partial charge in [0.1, 0.15) is 5.60 Å². The monoisotopic (exact) mass is 374 g/mol. The van der Waals surface area contributed by atoms with Crippen LogP contribution in [0, 0.1) is 6.92 Å². The Morgan fingerprint density at radius 3 is 2.46 bits per heavy atom. The van der Waals surface area contributed by atoms with Gasteiger partial charge in [0.25, 0.3) is 0 Å². The zero-order valence-electron chi connectivity index (χ0n) is 15.4. The third kappa shape index (κ3) is 5.49. The second kappa shape index (κ2) is 7.79. The van der Waals surface area contributed by atoms with Crippen LogP contribution in [0.5, 0.6) is 0 Å². The van der Waals surface area contributed by atoms with Crippen LogP contribution in [-0.4, -0.2) is 17.5 Å². The lowest BCUT2D eigenvalue weighted by Crippen LogP contribution is -2.27. The van der Waals surface area contributed by atoms with Gasteiger partial charge in [-0.2, -0.15) is 0 Å². The number of benzene rings is 2. The van der Waals surface area contributed by atoms with Gasteiger partial charge in [-0.25, -0.2) is 4.79 Å². The maximum Gasteiger partial charge on any atom is 0.412 e. The number of hydrogen-bond donors (Lipinski definition) is 2. The summed E-state index contributed by atoms with van der Waals surface area (Å²) in [5, 5.41) is 3.06. The molecule has 2 aromatic carbocycles. The first-order chi connectivity index (χ1) is 12.0. The number of ketones is 1. The molecule has 0 aliphatic heterocycles. The first kappa shape index (κ1) is 19.8. The molecule has 0 saturated carbocycles. The van der Waals surface area contributed by atoms with E-state index in [2.05, 4.69) is 5.32 Å². The van der Waals surface area contributed by atoms with Gasteiger partial charge in [0.05, 0.1) is 5.02 Å². The zero-order valence-corrected chi connectivity index (χ0v) is 16.1. The second-order valence-electron chi connectivity index (χ2n) is 7.11. The van der Waals surface area contributed by atoms with Crippen molar-refractivity contribution in [2.45, 2.75) is 39.7 Å². The molecule has 6 heteroatoms. The molecule has 0 aromatic heterocycles. The Labute approximate surface area is 158 Å². The van der Waals surface area contributed by atoms with E-state index in [4.69, 9.17) is 22.1 Å². The Balaban J connectivity index is 2.11. The number of anilines is 2. The van der Waals surface area contributed by atoms with Gasteiger partial charge in [0.2, 0.25) is 0 Å². The van der Waals surface area contributed by atoms with Crippen molar-refractivity contribution in [3.63, 3.8) is 0 Å². The Hall–Kier alpha value is -2.53. The number of carbonyl (C=O) groups is 2. The molecule has 0 aliphatic carbocycles. The van der Waals surface area contributed by atoms with Gasteiger partial charge >= 0.3 is 6.09 Å². The van der Waals surface area contributed by atoms with E-state index < -0.39 is 11.7 Å². The zero-order chi connectivity index (χ0) is 19.5. The molecular weight excluding hydrogens is 352 g/mol. The van der Waals surface area contributed by atoms with Crippen LogP contribution in [-0.2, 0) is 11.2 Å². The molecule has 1 amide bonds. The minimum atomic E-state index is -0.567. The maximum absolute atomic E-state index is 12.5. The first-order valence-corrected chi connectivity index (χ1v) is 8.61. The second-order valence-corrected chi connectivity index (χ2v) is 7.51. The van der Waals surface area contributed by atoms with E-state index >= 15 is 0 Å². The van der Waals surface area contributed by atoms with Crippen LogP contribution in [0.3, 0.4) is 0 Å². The maximum atomic E-state index is 12.5. The molecule has 0 fully saturated rings. The van der Waals surface area contributed by atoms with Crippen LogP contribution in [0.1, 0.15) is 42.3 Å². The average Bonchev–Trinajstić information content (AvgIpc) is 2.50. The minimum absolute atomic E-state index is 0.113. The molecule has 0 saturated heterocycles. The van der Waals surface area contributed by atoms with Gasteiger partial charge in [-0.15, -0.1) is 0 Å². The van der Waals surface area contributed by atoms with E-state index in [0.29, 0.717) is 22.0 Å². The van der Waals surface area contributed by atoms with Gasteiger partial charge in [-0.1, -0.05) is 17.7 Å². The predicted octanol–water partition coefficient (Wildman–Crippen LogP) is 5.00. The van der Waals surface area contributed by atoms with E-state index in [1.54, 1.807) is 57.2 Å². The van der Waals surface area contributed by atoms with Crippen LogP contribution in [0.2, 0.25) is 5.02 Å². The summed E-state index contributed by atoms with van der Waals surface area (Å²) in [5.74, 6) is -0.113. The number of amides is 1. The summed E-state index contributed by atoms with van der Waals surface area (Å²) in [6.07, 6.45) is -0.325. The van der Waals surface area contributed by atoms with Crippen molar-refractivity contribution in [3.05, 3.63) is 58.1 Å². The van der Waals surface area contributed by atoms with Crippen molar-refractivity contribution >= 4 is 34.9 Å². The summed E-state index contributed by atoms with van der Waals surface area (Å²) < 4.78 is 5.23. The Kier molecular flexibility index (Phi) is 5.93. The van der Waals surface area contributed by atoms with E-state index in [1.165, 1.54) is 0 Å². The quantitative estimate of drug-likeness (QED) is 0.582. The molecule has 5 nitrogen and oxygen atoms in total. The fourth-order valence-corrected chi connectivity index (χ4v) is 2.64. The number of aryl methyl sites for hydroxylation is 1. The number of halogens is 1. The van der Waals surface area contributed by atoms with Gasteiger partial charge in [-0.3, -0.25) is 10.1 Å². The molecule has 2 aromatic rings. The largest absolute Gasteiger partial charge is 0.444 e. The van der Waals surface area contributed by atoms with Crippen LogP contribution in [0.15, 0.2) is 36.4 Å². The number of carbonyl (C=O) groups excluding carboxylic acids is 2. The molecule has 0 bridgehead atoms. The molecule has 0 spiro atoms. The molecule has 3 N–H and O–H groups in total. The van der Waals surface area contributed by atoms with E-state index in [-0.39, 0.29) is 12.2 Å². The van der Waals surface area contributed by atoms with Crippen molar-refractivity contribution in [2.75, 3.05) is 11.1 Å². The summed E-state index contributed by atoms with van der Waals surface area (Å²) in [7, 11) is 0. The standard InChI is InChI=1S/C20H23ClN2O3/c1-12-9-15(23-19(25)26-20(2,3)4)7-5-13(12)10-18(24)16-11-14(22)6-8-17(16)21/h5-9,11H,10,22H2,1-4H3,(H,23,25). The molecule has 26 heavy (non-hydrogen) atoms. The number of nitrogen functional groups attached to an aromatic ring is 1. The first-order valence-electron chi connectivity index (χ1n) is 8.23. The highest BCUT2D eigenvalue weighted by atomic mass is 35.5. The molecule has 0 unspecified atom stereocenters. The molecular formula is C20H23ClN2O3. The van der Waals surface area contributed by atoms with Crippen molar-refractivity contribution in [1.29, 1.82) is 0 Å². The Morgan fingerprint density at radius 1 is 1.15 bits per heavy atom. The summed E-state index contributed by atoms with van der Waals surface area (Å²) in [4.78, 5) is 24.4. The minimum Gasteiger partial charge on any atom is -0.444 e. The number of ether oxygens (including phenoxy) is 1. The van der Waals surface area contributed by atoms with Crippen molar-refractivity contribution in [2.24, 2.45) is 0 Å². The number of Topliss-reactive ketones (excluding diaryl/α,β-unsaturated/α-hetero) is 1. The fourth-order valence-electron chi connectivity index (χ4n) is 2.42. The van der Waals surface area contributed by atoms with Gasteiger partial charge in [0.15, 0.2) is 5.78 Å². The Morgan fingerprint density at radius 2 is 1.85 bits per heavy atom. The third-order valence-electron chi connectivity index (χ3n) is 3.63. The molecule has 0 radical (unpaired) electrons. The number of rotatable bonds is 4. The van der Waals surface area contributed by atoms with Crippen LogP contribution in [0.4, 0.5) is 16.2 Å². The fraction of sp³-hybridized carbons (Fsp3) is 0.300. The summed E-state index contributed by atoms with van der Waals surface area (Å²) >= 11 is 6.09. The van der Waals surface area contributed by atoms with Crippen molar-refractivity contribution < 1.29 is 14.3 Å². The molecule has 138 valence electrons. The van der Waals surface area contributed by atoms with Crippen LogP contribution < -0.4 is 11.1 Å². The highest BCUT2D eigenvalue weighted by Crippen LogP contribution is 2.23. The summed E-state index contributed by atoms with van der Waals surface area (Å²) in [5.41, 5.74) is 8.40. The molecule has 0 aliphatic rings. The summed E-state index contributed by atoms with van der Waals surface area (Å²) in [6, 6.07) is 10.2. The Bertz CT molecular complexity index is 841. The van der Waals surface area contributed by atoms with Crippen LogP contribution >= 0.6 is 11.6 Å². The third-order valence-corrected chi connectivity index (χ3v) is 3.96. The van der Waals surface area contributed by atoms with Crippen molar-refractivity contribution in [3.8, 4) is 0 Å². The van der Waals surface area contributed by atoms with Gasteiger partial charge in [0, 0.05) is 23.4 Å². The normalized spacial score (nSPS) is 11.1. The highest BCUT2D eigenvalue weighted by molar-refractivity contribution is 6.34. The average molecular weight is 375 g/mol. The summed E-state index contributed by atoms with van der Waals surface area (Å²) in [6.45, 7) is 7.28. The molecule has 0 atom stereocenters. The van der Waals surface area contributed by atoms with Gasteiger partial charge < -0.3 is 10.5 Å². The molecule has 0 heterocycles. The van der Waals surface area contributed by atoms with Crippen molar-refractivity contribution in [1.82, 2.24) is 0 Å². The number of nitrogens with one attached hydrogen (secondary N) is 1. The lowest BCUT2D eigenvalue weighted by Gasteiger charge is -2.20. The van der Waals surface area contributed by atoms with E-state index in [0.717, 1.165) is 11.1 Å². The molecule has 2 rings (SSSR count). The highest BCUT2D eigenvalue weighted by Gasteiger charge is 2.17. The van der Waals surface area contributed by atoms with E-state index in [9.17, 15) is 9.59 Å². The smallest absolute Gasteiger partial charge is 0.412 e. The predicted molar refractivity (Wildman–Crippen MR) is 105 cm³/mol. The lowest BCUT2D eigenvalue weighted by molar-refractivity contribution is 0.0635. The van der Waals surface area contributed by atoms with Gasteiger partial charge in [-0.05, 0) is 69.2 Å². The number of hydrogen-bond acceptors (Lipinski definition) is 4. The lowest BCUT2D eigenvalue weighted by atomic mass is 9.98. The topological polar surface area (TPSA) is 81.4 Å². The van der Waals surface area contributed by atoms with E-state index in [1.807, 2.05) is 6.92 Å².